The first kappa shape index (κ1) is 11.5. The summed E-state index contributed by atoms with van der Waals surface area (Å²) in [5.74, 6) is 0.732. The molecule has 1 fully saturated rings. The number of unbranched alkanes of at least 4 members (excludes halogenated alkanes) is 2. The first-order valence-electron chi connectivity index (χ1n) is 5.72. The fourth-order valence-electron chi connectivity index (χ4n) is 2.10. The molecule has 0 aromatic heterocycles. The van der Waals surface area contributed by atoms with Gasteiger partial charge < -0.3 is 4.84 Å². The van der Waals surface area contributed by atoms with E-state index in [4.69, 9.17) is 4.84 Å². The molecule has 1 atom stereocenters. The summed E-state index contributed by atoms with van der Waals surface area (Å²) in [6.07, 6.45) is 7.65. The van der Waals surface area contributed by atoms with E-state index < -0.39 is 0 Å². The molecule has 1 saturated heterocycles. The summed E-state index contributed by atoms with van der Waals surface area (Å²) in [5.41, 5.74) is 0. The predicted molar refractivity (Wildman–Crippen MR) is 55.6 cm³/mol. The average molecular weight is 199 g/mol. The number of rotatable bonds is 6. The zero-order valence-corrected chi connectivity index (χ0v) is 9.08. The van der Waals surface area contributed by atoms with Gasteiger partial charge in [0.05, 0.1) is 0 Å². The summed E-state index contributed by atoms with van der Waals surface area (Å²) in [6, 6.07) is 0. The number of hydrogen-bond donors (Lipinski definition) is 0. The Bertz CT molecular complexity index is 161. The van der Waals surface area contributed by atoms with Crippen LogP contribution in [-0.2, 0) is 9.63 Å². The zero-order valence-electron chi connectivity index (χ0n) is 9.08. The molecule has 1 heterocycles. The lowest BCUT2D eigenvalue weighted by molar-refractivity contribution is -0.182. The number of hydrogen-bond acceptors (Lipinski definition) is 3. The summed E-state index contributed by atoms with van der Waals surface area (Å²) in [4.78, 5) is 15.0. The minimum absolute atomic E-state index is 0.536. The zero-order chi connectivity index (χ0) is 10.2. The Balaban J connectivity index is 2.15. The van der Waals surface area contributed by atoms with Crippen LogP contribution in [0.5, 0.6) is 0 Å². The van der Waals surface area contributed by atoms with E-state index in [1.54, 1.807) is 5.06 Å². The Kier molecular flexibility index (Phi) is 5.60. The van der Waals surface area contributed by atoms with Crippen molar-refractivity contribution in [3.63, 3.8) is 0 Å². The van der Waals surface area contributed by atoms with E-state index in [2.05, 4.69) is 6.92 Å². The summed E-state index contributed by atoms with van der Waals surface area (Å²) in [6.45, 7) is 4.60. The second-order valence-corrected chi connectivity index (χ2v) is 4.09. The minimum atomic E-state index is 0.536. The smallest absolute Gasteiger partial charge is 0.312 e. The van der Waals surface area contributed by atoms with Crippen molar-refractivity contribution in [1.82, 2.24) is 5.06 Å². The molecule has 0 N–H and O–H groups in total. The van der Waals surface area contributed by atoms with Crippen LogP contribution in [-0.4, -0.2) is 24.6 Å². The highest BCUT2D eigenvalue weighted by Crippen LogP contribution is 2.21. The molecule has 1 aliphatic heterocycles. The van der Waals surface area contributed by atoms with Crippen molar-refractivity contribution in [2.24, 2.45) is 5.92 Å². The second-order valence-electron chi connectivity index (χ2n) is 4.09. The fourth-order valence-corrected chi connectivity index (χ4v) is 2.10. The van der Waals surface area contributed by atoms with Gasteiger partial charge in [0.15, 0.2) is 0 Å². The minimum Gasteiger partial charge on any atom is -0.371 e. The molecule has 0 saturated carbocycles. The maximum atomic E-state index is 10.2. The van der Waals surface area contributed by atoms with E-state index >= 15 is 0 Å². The van der Waals surface area contributed by atoms with Gasteiger partial charge in [0.1, 0.15) is 0 Å². The van der Waals surface area contributed by atoms with Gasteiger partial charge in [-0.2, -0.15) is 0 Å². The van der Waals surface area contributed by atoms with E-state index in [0.717, 1.165) is 25.4 Å². The first-order chi connectivity index (χ1) is 6.86. The van der Waals surface area contributed by atoms with Crippen LogP contribution in [0, 0.1) is 5.92 Å². The van der Waals surface area contributed by atoms with Gasteiger partial charge in [-0.3, -0.25) is 4.79 Å². The highest BCUT2D eigenvalue weighted by molar-refractivity contribution is 5.36. The van der Waals surface area contributed by atoms with Gasteiger partial charge in [-0.1, -0.05) is 26.2 Å². The Morgan fingerprint density at radius 3 is 3.07 bits per heavy atom. The molecule has 0 radical (unpaired) electrons. The molecule has 0 aliphatic carbocycles. The Morgan fingerprint density at radius 2 is 2.36 bits per heavy atom. The summed E-state index contributed by atoms with van der Waals surface area (Å²) < 4.78 is 0. The van der Waals surface area contributed by atoms with Crippen molar-refractivity contribution in [2.45, 2.75) is 45.4 Å². The predicted octanol–water partition coefficient (Wildman–Crippen LogP) is 2.37. The van der Waals surface area contributed by atoms with Crippen LogP contribution >= 0.6 is 0 Å². The van der Waals surface area contributed by atoms with Crippen molar-refractivity contribution in [3.05, 3.63) is 0 Å². The maximum absolute atomic E-state index is 10.2. The van der Waals surface area contributed by atoms with Crippen LogP contribution in [0.2, 0.25) is 0 Å². The van der Waals surface area contributed by atoms with Crippen molar-refractivity contribution in [1.29, 1.82) is 0 Å². The average Bonchev–Trinajstić information content (AvgIpc) is 2.19. The highest BCUT2D eigenvalue weighted by Gasteiger charge is 2.20. The number of nitrogens with zero attached hydrogens (tertiary/aromatic N) is 1. The number of carbonyl (C=O) groups is 1. The van der Waals surface area contributed by atoms with Gasteiger partial charge in [0.2, 0.25) is 0 Å². The van der Waals surface area contributed by atoms with E-state index in [1.165, 1.54) is 32.1 Å². The van der Waals surface area contributed by atoms with E-state index in [1.807, 2.05) is 0 Å². The summed E-state index contributed by atoms with van der Waals surface area (Å²) in [7, 11) is 0. The Morgan fingerprint density at radius 1 is 1.50 bits per heavy atom. The molecule has 3 nitrogen and oxygen atoms in total. The molecule has 0 spiro atoms. The number of piperidine rings is 1. The third-order valence-corrected chi connectivity index (χ3v) is 2.89. The van der Waals surface area contributed by atoms with E-state index in [-0.39, 0.29) is 0 Å². The summed E-state index contributed by atoms with van der Waals surface area (Å²) >= 11 is 0. The topological polar surface area (TPSA) is 29.5 Å². The van der Waals surface area contributed by atoms with Crippen LogP contribution in [0.1, 0.15) is 45.4 Å². The van der Waals surface area contributed by atoms with Gasteiger partial charge in [-0.15, -0.1) is 5.06 Å². The second kappa shape index (κ2) is 6.82. The lowest BCUT2D eigenvalue weighted by atomic mass is 9.93. The normalized spacial score (nSPS) is 23.4. The molecule has 82 valence electrons. The van der Waals surface area contributed by atoms with Crippen molar-refractivity contribution >= 4 is 6.47 Å². The van der Waals surface area contributed by atoms with Crippen LogP contribution in [0.25, 0.3) is 0 Å². The maximum Gasteiger partial charge on any atom is 0.312 e. The fraction of sp³-hybridized carbons (Fsp3) is 0.909. The van der Waals surface area contributed by atoms with Gasteiger partial charge in [-0.05, 0) is 25.2 Å². The van der Waals surface area contributed by atoms with Crippen LogP contribution in [0.3, 0.4) is 0 Å². The van der Waals surface area contributed by atoms with Crippen molar-refractivity contribution in [2.75, 3.05) is 13.1 Å². The third-order valence-electron chi connectivity index (χ3n) is 2.89. The largest absolute Gasteiger partial charge is 0.371 e. The molecular formula is C11H21NO2. The molecule has 0 amide bonds. The number of carbonyl (C=O) groups excluding carboxylic acids is 1. The molecule has 0 bridgehead atoms. The Labute approximate surface area is 86.4 Å². The molecule has 1 unspecified atom stereocenters. The summed E-state index contributed by atoms with van der Waals surface area (Å²) in [5, 5.41) is 1.80. The molecule has 14 heavy (non-hydrogen) atoms. The van der Waals surface area contributed by atoms with Crippen LogP contribution in [0.15, 0.2) is 0 Å². The van der Waals surface area contributed by atoms with Gasteiger partial charge >= 0.3 is 6.47 Å². The number of hydroxylamine groups is 2. The van der Waals surface area contributed by atoms with Gasteiger partial charge in [0, 0.05) is 13.1 Å². The molecule has 3 heteroatoms. The lowest BCUT2D eigenvalue weighted by Gasteiger charge is -2.29. The molecule has 0 aromatic rings. The van der Waals surface area contributed by atoms with Gasteiger partial charge in [0.25, 0.3) is 0 Å². The quantitative estimate of drug-likeness (QED) is 0.486. The highest BCUT2D eigenvalue weighted by atomic mass is 16.7. The first-order valence-corrected chi connectivity index (χ1v) is 5.72. The molecule has 1 rings (SSSR count). The van der Waals surface area contributed by atoms with Crippen molar-refractivity contribution in [3.8, 4) is 0 Å². The molecule has 0 aromatic carbocycles. The lowest BCUT2D eigenvalue weighted by Crippen LogP contribution is -2.35. The van der Waals surface area contributed by atoms with Crippen molar-refractivity contribution < 1.29 is 9.63 Å². The molecule has 1 aliphatic rings. The van der Waals surface area contributed by atoms with Crippen LogP contribution < -0.4 is 0 Å². The monoisotopic (exact) mass is 199 g/mol. The van der Waals surface area contributed by atoms with E-state index in [0.29, 0.717) is 6.47 Å². The third kappa shape index (κ3) is 4.09. The SMILES string of the molecule is CCCCCC1CCCN(OC=O)C1. The standard InChI is InChI=1S/C11H21NO2/c1-2-3-4-6-11-7-5-8-12(9-11)14-10-13/h10-11H,2-9H2,1H3. The van der Waals surface area contributed by atoms with Gasteiger partial charge in [-0.25, -0.2) is 0 Å². The van der Waals surface area contributed by atoms with Crippen LogP contribution in [0.4, 0.5) is 0 Å². The Hall–Kier alpha value is -0.570. The van der Waals surface area contributed by atoms with E-state index in [9.17, 15) is 4.79 Å². The molecular weight excluding hydrogens is 178 g/mol.